The second-order valence-electron chi connectivity index (χ2n) is 6.27. The zero-order valence-corrected chi connectivity index (χ0v) is 14.6. The highest BCUT2D eigenvalue weighted by atomic mass is 16.1. The number of rotatable bonds is 6. The molecule has 1 amide bonds. The number of nitrogens with one attached hydrogen (secondary N) is 2. The van der Waals surface area contributed by atoms with Crippen molar-refractivity contribution in [3.05, 3.63) is 88.7 Å². The van der Waals surface area contributed by atoms with Crippen molar-refractivity contribution in [2.24, 2.45) is 0 Å². The van der Waals surface area contributed by atoms with E-state index in [1.165, 1.54) is 0 Å². The SMILES string of the molecule is Cc1n[nH]c(C)c1CNC(=O)CC(c1ccccc1)c1ccccc1. The van der Waals surface area contributed by atoms with Gasteiger partial charge in [0.25, 0.3) is 0 Å². The van der Waals surface area contributed by atoms with Crippen LogP contribution in [0.15, 0.2) is 60.7 Å². The van der Waals surface area contributed by atoms with Gasteiger partial charge in [-0.2, -0.15) is 5.10 Å². The predicted molar refractivity (Wildman–Crippen MR) is 99.3 cm³/mol. The van der Waals surface area contributed by atoms with Crippen molar-refractivity contribution in [3.63, 3.8) is 0 Å². The average Bonchev–Trinajstić information content (AvgIpc) is 2.97. The Kier molecular flexibility index (Phi) is 5.29. The quantitative estimate of drug-likeness (QED) is 0.719. The third-order valence-corrected chi connectivity index (χ3v) is 4.54. The van der Waals surface area contributed by atoms with E-state index in [-0.39, 0.29) is 11.8 Å². The lowest BCUT2D eigenvalue weighted by Gasteiger charge is -2.18. The van der Waals surface area contributed by atoms with Crippen molar-refractivity contribution in [2.45, 2.75) is 32.7 Å². The minimum Gasteiger partial charge on any atom is -0.352 e. The number of aromatic amines is 1. The Morgan fingerprint density at radius 1 is 1.00 bits per heavy atom. The molecule has 0 atom stereocenters. The van der Waals surface area contributed by atoms with Gasteiger partial charge in [-0.15, -0.1) is 0 Å². The van der Waals surface area contributed by atoms with E-state index in [1.807, 2.05) is 50.2 Å². The summed E-state index contributed by atoms with van der Waals surface area (Å²) in [6.45, 7) is 4.42. The number of aryl methyl sites for hydroxylation is 2. The van der Waals surface area contributed by atoms with Crippen molar-refractivity contribution in [3.8, 4) is 0 Å². The largest absolute Gasteiger partial charge is 0.352 e. The molecule has 3 rings (SSSR count). The molecule has 0 saturated heterocycles. The van der Waals surface area contributed by atoms with Gasteiger partial charge >= 0.3 is 0 Å². The molecule has 0 fully saturated rings. The van der Waals surface area contributed by atoms with Crippen LogP contribution in [0.2, 0.25) is 0 Å². The molecule has 0 radical (unpaired) electrons. The molecular formula is C21H23N3O. The van der Waals surface area contributed by atoms with Crippen LogP contribution in [0.4, 0.5) is 0 Å². The summed E-state index contributed by atoms with van der Waals surface area (Å²) in [6, 6.07) is 20.4. The fraction of sp³-hybridized carbons (Fsp3) is 0.238. The molecule has 0 bridgehead atoms. The molecule has 4 heteroatoms. The van der Waals surface area contributed by atoms with E-state index in [1.54, 1.807) is 0 Å². The van der Waals surface area contributed by atoms with Gasteiger partial charge in [0, 0.05) is 30.1 Å². The zero-order chi connectivity index (χ0) is 17.6. The molecule has 0 saturated carbocycles. The van der Waals surface area contributed by atoms with Crippen LogP contribution in [-0.4, -0.2) is 16.1 Å². The van der Waals surface area contributed by atoms with Crippen molar-refractivity contribution < 1.29 is 4.79 Å². The topological polar surface area (TPSA) is 57.8 Å². The molecule has 0 aliphatic carbocycles. The monoisotopic (exact) mass is 333 g/mol. The van der Waals surface area contributed by atoms with E-state index < -0.39 is 0 Å². The number of aromatic nitrogens is 2. The second kappa shape index (κ2) is 7.79. The van der Waals surface area contributed by atoms with E-state index in [0.29, 0.717) is 13.0 Å². The van der Waals surface area contributed by atoms with E-state index in [2.05, 4.69) is 39.8 Å². The van der Waals surface area contributed by atoms with Crippen molar-refractivity contribution >= 4 is 5.91 Å². The molecule has 0 unspecified atom stereocenters. The fourth-order valence-electron chi connectivity index (χ4n) is 3.08. The lowest BCUT2D eigenvalue weighted by atomic mass is 9.88. The smallest absolute Gasteiger partial charge is 0.221 e. The van der Waals surface area contributed by atoms with Crippen LogP contribution in [0.25, 0.3) is 0 Å². The first-order valence-corrected chi connectivity index (χ1v) is 8.52. The van der Waals surface area contributed by atoms with Crippen LogP contribution >= 0.6 is 0 Å². The molecule has 128 valence electrons. The van der Waals surface area contributed by atoms with Gasteiger partial charge in [-0.25, -0.2) is 0 Å². The van der Waals surface area contributed by atoms with Crippen LogP contribution in [-0.2, 0) is 11.3 Å². The van der Waals surface area contributed by atoms with Crippen LogP contribution in [0.1, 0.15) is 40.4 Å². The van der Waals surface area contributed by atoms with Crippen LogP contribution in [0, 0.1) is 13.8 Å². The van der Waals surface area contributed by atoms with Crippen molar-refractivity contribution in [1.29, 1.82) is 0 Å². The maximum Gasteiger partial charge on any atom is 0.221 e. The molecule has 0 aliphatic rings. The summed E-state index contributed by atoms with van der Waals surface area (Å²) in [5, 5.41) is 10.2. The number of hydrogen-bond donors (Lipinski definition) is 2. The number of carbonyl (C=O) groups excluding carboxylic acids is 1. The van der Waals surface area contributed by atoms with E-state index in [9.17, 15) is 4.79 Å². The molecule has 0 aliphatic heterocycles. The van der Waals surface area contributed by atoms with Crippen LogP contribution in [0.5, 0.6) is 0 Å². The van der Waals surface area contributed by atoms with Gasteiger partial charge in [0.1, 0.15) is 0 Å². The molecule has 1 heterocycles. The van der Waals surface area contributed by atoms with Crippen LogP contribution < -0.4 is 5.32 Å². The molecule has 3 aromatic rings. The lowest BCUT2D eigenvalue weighted by molar-refractivity contribution is -0.121. The Labute approximate surface area is 148 Å². The number of hydrogen-bond acceptors (Lipinski definition) is 2. The minimum atomic E-state index is 0.0395. The fourth-order valence-corrected chi connectivity index (χ4v) is 3.08. The first-order chi connectivity index (χ1) is 12.1. The maximum absolute atomic E-state index is 12.6. The number of benzene rings is 2. The maximum atomic E-state index is 12.6. The first-order valence-electron chi connectivity index (χ1n) is 8.52. The molecule has 1 aromatic heterocycles. The van der Waals surface area contributed by atoms with Gasteiger partial charge in [-0.05, 0) is 25.0 Å². The summed E-state index contributed by atoms with van der Waals surface area (Å²) in [5.74, 6) is 0.0895. The van der Waals surface area contributed by atoms with E-state index >= 15 is 0 Å². The second-order valence-corrected chi connectivity index (χ2v) is 6.27. The normalized spacial score (nSPS) is 10.8. The van der Waals surface area contributed by atoms with Crippen molar-refractivity contribution in [2.75, 3.05) is 0 Å². The Morgan fingerprint density at radius 3 is 2.04 bits per heavy atom. The minimum absolute atomic E-state index is 0.0395. The molecule has 2 aromatic carbocycles. The first kappa shape index (κ1) is 17.0. The number of nitrogens with zero attached hydrogens (tertiary/aromatic N) is 1. The number of H-pyrrole nitrogens is 1. The zero-order valence-electron chi connectivity index (χ0n) is 14.6. The highest BCUT2D eigenvalue weighted by molar-refractivity contribution is 5.77. The van der Waals surface area contributed by atoms with E-state index in [4.69, 9.17) is 0 Å². The lowest BCUT2D eigenvalue weighted by Crippen LogP contribution is -2.25. The summed E-state index contributed by atoms with van der Waals surface area (Å²) in [4.78, 5) is 12.6. The molecule has 25 heavy (non-hydrogen) atoms. The van der Waals surface area contributed by atoms with Crippen LogP contribution in [0.3, 0.4) is 0 Å². The van der Waals surface area contributed by atoms with Gasteiger partial charge < -0.3 is 5.32 Å². The number of amides is 1. The van der Waals surface area contributed by atoms with Gasteiger partial charge in [-0.1, -0.05) is 60.7 Å². The van der Waals surface area contributed by atoms with Crippen molar-refractivity contribution in [1.82, 2.24) is 15.5 Å². The van der Waals surface area contributed by atoms with Gasteiger partial charge in [0.2, 0.25) is 5.91 Å². The summed E-state index contributed by atoms with van der Waals surface area (Å²) in [5.41, 5.74) is 5.30. The Hall–Kier alpha value is -2.88. The standard InChI is InChI=1S/C21H23N3O/c1-15-20(16(2)24-23-15)14-22-21(25)13-19(17-9-5-3-6-10-17)18-11-7-4-8-12-18/h3-12,19H,13-14H2,1-2H3,(H,22,25)(H,23,24). The van der Waals surface area contributed by atoms with Gasteiger partial charge in [0.15, 0.2) is 0 Å². The predicted octanol–water partition coefficient (Wildman–Crippen LogP) is 3.86. The summed E-state index contributed by atoms with van der Waals surface area (Å²) >= 11 is 0. The molecular weight excluding hydrogens is 310 g/mol. The van der Waals surface area contributed by atoms with Gasteiger partial charge in [0.05, 0.1) is 5.69 Å². The molecule has 4 nitrogen and oxygen atoms in total. The third kappa shape index (κ3) is 4.15. The number of carbonyl (C=O) groups is 1. The highest BCUT2D eigenvalue weighted by Gasteiger charge is 2.18. The van der Waals surface area contributed by atoms with E-state index in [0.717, 1.165) is 28.1 Å². The summed E-state index contributed by atoms with van der Waals surface area (Å²) in [7, 11) is 0. The Balaban J connectivity index is 1.73. The Morgan fingerprint density at radius 2 is 1.56 bits per heavy atom. The third-order valence-electron chi connectivity index (χ3n) is 4.54. The molecule has 0 spiro atoms. The summed E-state index contributed by atoms with van der Waals surface area (Å²) in [6.07, 6.45) is 0.421. The Bertz CT molecular complexity index is 766. The highest BCUT2D eigenvalue weighted by Crippen LogP contribution is 2.27. The van der Waals surface area contributed by atoms with Gasteiger partial charge in [-0.3, -0.25) is 9.89 Å². The average molecular weight is 333 g/mol. The molecule has 2 N–H and O–H groups in total. The summed E-state index contributed by atoms with van der Waals surface area (Å²) < 4.78 is 0.